The minimum absolute atomic E-state index is 0.0312. The van der Waals surface area contributed by atoms with Gasteiger partial charge in [0.25, 0.3) is 0 Å². The number of carbonyl (C=O) groups excluding carboxylic acids is 1. The van der Waals surface area contributed by atoms with Crippen LogP contribution in [0.2, 0.25) is 0 Å². The third-order valence-electron chi connectivity index (χ3n) is 2.98. The van der Waals surface area contributed by atoms with E-state index in [1.54, 1.807) is 0 Å². The fraction of sp³-hybridized carbons (Fsp3) is 0.909. The second-order valence-electron chi connectivity index (χ2n) is 4.32. The molecule has 3 N–H and O–H groups in total. The summed E-state index contributed by atoms with van der Waals surface area (Å²) in [6.45, 7) is 5.62. The van der Waals surface area contributed by atoms with Crippen molar-refractivity contribution in [1.82, 2.24) is 5.32 Å². The van der Waals surface area contributed by atoms with Gasteiger partial charge in [-0.3, -0.25) is 4.79 Å². The maximum Gasteiger partial charge on any atom is 0.237 e. The van der Waals surface area contributed by atoms with Crippen molar-refractivity contribution in [2.24, 2.45) is 11.7 Å². The zero-order valence-corrected chi connectivity index (χ0v) is 9.66. The Labute approximate surface area is 91.5 Å². The SMILES string of the molecule is CCC[C@@H](N)C(=O)NC(C)C1CCOC1. The minimum atomic E-state index is -0.361. The van der Waals surface area contributed by atoms with Gasteiger partial charge >= 0.3 is 0 Å². The minimum Gasteiger partial charge on any atom is -0.381 e. The maximum atomic E-state index is 11.6. The van der Waals surface area contributed by atoms with Gasteiger partial charge in [-0.05, 0) is 19.8 Å². The molecular formula is C11H22N2O2. The number of carbonyl (C=O) groups is 1. The quantitative estimate of drug-likeness (QED) is 0.706. The van der Waals surface area contributed by atoms with Crippen molar-refractivity contribution in [3.8, 4) is 0 Å². The van der Waals surface area contributed by atoms with Crippen molar-refractivity contribution in [2.45, 2.75) is 45.2 Å². The van der Waals surface area contributed by atoms with Gasteiger partial charge in [0.05, 0.1) is 12.6 Å². The van der Waals surface area contributed by atoms with Gasteiger partial charge in [-0.1, -0.05) is 13.3 Å². The summed E-state index contributed by atoms with van der Waals surface area (Å²) < 4.78 is 5.29. The van der Waals surface area contributed by atoms with Gasteiger partial charge < -0.3 is 15.8 Å². The molecule has 0 aliphatic carbocycles. The molecule has 1 saturated heterocycles. The van der Waals surface area contributed by atoms with Crippen LogP contribution in [-0.2, 0) is 9.53 Å². The van der Waals surface area contributed by atoms with Crippen LogP contribution < -0.4 is 11.1 Å². The normalized spacial score (nSPS) is 24.9. The molecule has 1 rings (SSSR count). The fourth-order valence-corrected chi connectivity index (χ4v) is 1.84. The Balaban J connectivity index is 2.29. The van der Waals surface area contributed by atoms with Crippen molar-refractivity contribution >= 4 is 5.91 Å². The summed E-state index contributed by atoms with van der Waals surface area (Å²) in [6, 6.07) is -0.192. The molecule has 4 nitrogen and oxygen atoms in total. The van der Waals surface area contributed by atoms with E-state index in [0.29, 0.717) is 5.92 Å². The molecule has 1 amide bonds. The van der Waals surface area contributed by atoms with Gasteiger partial charge in [-0.15, -0.1) is 0 Å². The Kier molecular flexibility index (Phi) is 5.05. The lowest BCUT2D eigenvalue weighted by Crippen LogP contribution is -2.46. The van der Waals surface area contributed by atoms with Crippen molar-refractivity contribution < 1.29 is 9.53 Å². The van der Waals surface area contributed by atoms with E-state index in [0.717, 1.165) is 32.5 Å². The highest BCUT2D eigenvalue weighted by molar-refractivity contribution is 5.81. The van der Waals surface area contributed by atoms with Gasteiger partial charge in [0.2, 0.25) is 5.91 Å². The van der Waals surface area contributed by atoms with Gasteiger partial charge in [0.1, 0.15) is 0 Å². The Morgan fingerprint density at radius 1 is 1.67 bits per heavy atom. The molecule has 1 heterocycles. The highest BCUT2D eigenvalue weighted by Gasteiger charge is 2.24. The van der Waals surface area contributed by atoms with Crippen LogP contribution in [0.15, 0.2) is 0 Å². The summed E-state index contributed by atoms with van der Waals surface area (Å²) in [7, 11) is 0. The zero-order chi connectivity index (χ0) is 11.3. The van der Waals surface area contributed by atoms with Crippen molar-refractivity contribution in [3.05, 3.63) is 0 Å². The molecule has 0 bridgehead atoms. The van der Waals surface area contributed by atoms with E-state index >= 15 is 0 Å². The smallest absolute Gasteiger partial charge is 0.237 e. The third kappa shape index (κ3) is 3.80. The molecule has 1 aliphatic rings. The van der Waals surface area contributed by atoms with E-state index in [-0.39, 0.29) is 18.0 Å². The lowest BCUT2D eigenvalue weighted by molar-refractivity contribution is -0.123. The zero-order valence-electron chi connectivity index (χ0n) is 9.66. The molecule has 0 aromatic rings. The van der Waals surface area contributed by atoms with Gasteiger partial charge in [-0.2, -0.15) is 0 Å². The topological polar surface area (TPSA) is 64.4 Å². The summed E-state index contributed by atoms with van der Waals surface area (Å²) in [5.74, 6) is 0.416. The molecule has 3 atom stereocenters. The van der Waals surface area contributed by atoms with Crippen LogP contribution in [0, 0.1) is 5.92 Å². The standard InChI is InChI=1S/C11H22N2O2/c1-3-4-10(12)11(14)13-8(2)9-5-6-15-7-9/h8-10H,3-7,12H2,1-2H3,(H,13,14)/t8?,9?,10-/m1/s1. The lowest BCUT2D eigenvalue weighted by atomic mass is 10.00. The van der Waals surface area contributed by atoms with Crippen molar-refractivity contribution in [3.63, 3.8) is 0 Å². The number of hydrogen-bond donors (Lipinski definition) is 2. The molecular weight excluding hydrogens is 192 g/mol. The monoisotopic (exact) mass is 214 g/mol. The van der Waals surface area contributed by atoms with Crippen LogP contribution in [0.1, 0.15) is 33.1 Å². The van der Waals surface area contributed by atoms with Gasteiger partial charge in [0.15, 0.2) is 0 Å². The second-order valence-corrected chi connectivity index (χ2v) is 4.32. The lowest BCUT2D eigenvalue weighted by Gasteiger charge is -2.21. The van der Waals surface area contributed by atoms with Crippen LogP contribution in [0.25, 0.3) is 0 Å². The third-order valence-corrected chi connectivity index (χ3v) is 2.98. The number of ether oxygens (including phenoxy) is 1. The highest BCUT2D eigenvalue weighted by atomic mass is 16.5. The second kappa shape index (κ2) is 6.08. The van der Waals surface area contributed by atoms with E-state index < -0.39 is 0 Å². The molecule has 88 valence electrons. The Morgan fingerprint density at radius 3 is 2.93 bits per heavy atom. The van der Waals surface area contributed by atoms with E-state index in [2.05, 4.69) is 5.32 Å². The first-order valence-electron chi connectivity index (χ1n) is 5.78. The first kappa shape index (κ1) is 12.5. The van der Waals surface area contributed by atoms with Crippen LogP contribution in [0.3, 0.4) is 0 Å². The molecule has 2 unspecified atom stereocenters. The predicted molar refractivity (Wildman–Crippen MR) is 59.4 cm³/mol. The Hall–Kier alpha value is -0.610. The van der Waals surface area contributed by atoms with Gasteiger partial charge in [-0.25, -0.2) is 0 Å². The van der Waals surface area contributed by atoms with Crippen LogP contribution in [-0.4, -0.2) is 31.2 Å². The number of nitrogens with two attached hydrogens (primary N) is 1. The molecule has 0 saturated carbocycles. The Morgan fingerprint density at radius 2 is 2.40 bits per heavy atom. The number of rotatable bonds is 5. The average molecular weight is 214 g/mol. The van der Waals surface area contributed by atoms with E-state index in [1.807, 2.05) is 13.8 Å². The molecule has 4 heteroatoms. The molecule has 1 aliphatic heterocycles. The Bertz CT molecular complexity index is 203. The highest BCUT2D eigenvalue weighted by Crippen LogP contribution is 2.16. The number of amides is 1. The maximum absolute atomic E-state index is 11.6. The fourth-order valence-electron chi connectivity index (χ4n) is 1.84. The van der Waals surface area contributed by atoms with Crippen LogP contribution in [0.4, 0.5) is 0 Å². The number of nitrogens with one attached hydrogen (secondary N) is 1. The summed E-state index contributed by atoms with van der Waals surface area (Å²) >= 11 is 0. The summed E-state index contributed by atoms with van der Waals surface area (Å²) in [4.78, 5) is 11.6. The largest absolute Gasteiger partial charge is 0.381 e. The number of hydrogen-bond acceptors (Lipinski definition) is 3. The van der Waals surface area contributed by atoms with Gasteiger partial charge in [0, 0.05) is 18.6 Å². The van der Waals surface area contributed by atoms with Crippen LogP contribution in [0.5, 0.6) is 0 Å². The average Bonchev–Trinajstić information content (AvgIpc) is 2.70. The first-order valence-corrected chi connectivity index (χ1v) is 5.78. The van der Waals surface area contributed by atoms with E-state index in [4.69, 9.17) is 10.5 Å². The van der Waals surface area contributed by atoms with Crippen molar-refractivity contribution in [2.75, 3.05) is 13.2 Å². The molecule has 0 aromatic carbocycles. The summed E-state index contributed by atoms with van der Waals surface area (Å²) in [5.41, 5.74) is 5.73. The molecule has 0 aromatic heterocycles. The van der Waals surface area contributed by atoms with Crippen LogP contribution >= 0.6 is 0 Å². The van der Waals surface area contributed by atoms with Crippen molar-refractivity contribution in [1.29, 1.82) is 0 Å². The first-order chi connectivity index (χ1) is 7.15. The van der Waals surface area contributed by atoms with E-state index in [1.165, 1.54) is 0 Å². The summed E-state index contributed by atoms with van der Waals surface area (Å²) in [6.07, 6.45) is 2.72. The van der Waals surface area contributed by atoms with E-state index in [9.17, 15) is 4.79 Å². The predicted octanol–water partition coefficient (Wildman–Crippen LogP) is 0.655. The molecule has 1 fully saturated rings. The molecule has 15 heavy (non-hydrogen) atoms. The summed E-state index contributed by atoms with van der Waals surface area (Å²) in [5, 5.41) is 2.96. The molecule has 0 radical (unpaired) electrons. The molecule has 0 spiro atoms.